The van der Waals surface area contributed by atoms with Gasteiger partial charge in [-0.2, -0.15) is 0 Å². The lowest BCUT2D eigenvalue weighted by molar-refractivity contribution is 0.0951. The Kier molecular flexibility index (Phi) is 6.27. The summed E-state index contributed by atoms with van der Waals surface area (Å²) >= 11 is 0. The number of ether oxygens (including phenoxy) is 1. The van der Waals surface area contributed by atoms with Crippen molar-refractivity contribution in [3.63, 3.8) is 0 Å². The Bertz CT molecular complexity index is 937. The number of nitrogens with zero attached hydrogens (tertiary/aromatic N) is 1. The number of carbonyl (C=O) groups excluding carboxylic acids is 1. The van der Waals surface area contributed by atoms with Gasteiger partial charge < -0.3 is 15.4 Å². The minimum absolute atomic E-state index is 0.130. The van der Waals surface area contributed by atoms with Crippen molar-refractivity contribution in [1.82, 2.24) is 10.3 Å². The van der Waals surface area contributed by atoms with Crippen LogP contribution in [0.2, 0.25) is 0 Å². The standard InChI is InChI=1S/C23H25N3O2/c1-16(2)28-21-10-8-20(9-11-21)26-22-14-18(12-13-24-22)23(27)25-15-19-7-5-4-6-17(19)3/h4-14,16H,15H2,1-3H3,(H,24,26)(H,25,27). The Morgan fingerprint density at radius 1 is 1.07 bits per heavy atom. The van der Waals surface area contributed by atoms with Gasteiger partial charge in [-0.15, -0.1) is 0 Å². The fraction of sp³-hybridized carbons (Fsp3) is 0.217. The molecule has 0 atom stereocenters. The molecule has 3 aromatic rings. The van der Waals surface area contributed by atoms with Crippen molar-refractivity contribution in [2.45, 2.75) is 33.4 Å². The van der Waals surface area contributed by atoms with E-state index in [1.165, 1.54) is 0 Å². The molecular weight excluding hydrogens is 350 g/mol. The van der Waals surface area contributed by atoms with E-state index in [0.717, 1.165) is 22.6 Å². The van der Waals surface area contributed by atoms with Gasteiger partial charge in [0, 0.05) is 24.0 Å². The zero-order chi connectivity index (χ0) is 19.9. The van der Waals surface area contributed by atoms with Crippen LogP contribution < -0.4 is 15.4 Å². The van der Waals surface area contributed by atoms with E-state index in [4.69, 9.17) is 4.74 Å². The van der Waals surface area contributed by atoms with Crippen molar-refractivity contribution < 1.29 is 9.53 Å². The molecule has 2 N–H and O–H groups in total. The summed E-state index contributed by atoms with van der Waals surface area (Å²) < 4.78 is 5.65. The number of anilines is 2. The Hall–Kier alpha value is -3.34. The lowest BCUT2D eigenvalue weighted by atomic mass is 10.1. The van der Waals surface area contributed by atoms with Crippen molar-refractivity contribution in [3.8, 4) is 5.75 Å². The van der Waals surface area contributed by atoms with Gasteiger partial charge in [0.1, 0.15) is 11.6 Å². The number of hydrogen-bond donors (Lipinski definition) is 2. The molecule has 5 nitrogen and oxygen atoms in total. The predicted octanol–water partition coefficient (Wildman–Crippen LogP) is 4.85. The molecule has 0 aliphatic carbocycles. The van der Waals surface area contributed by atoms with E-state index in [9.17, 15) is 4.79 Å². The number of benzene rings is 2. The van der Waals surface area contributed by atoms with E-state index in [-0.39, 0.29) is 12.0 Å². The van der Waals surface area contributed by atoms with Gasteiger partial charge in [-0.3, -0.25) is 4.79 Å². The van der Waals surface area contributed by atoms with Crippen LogP contribution in [0.25, 0.3) is 0 Å². The molecule has 0 aliphatic heterocycles. The SMILES string of the molecule is Cc1ccccc1CNC(=O)c1ccnc(Nc2ccc(OC(C)C)cc2)c1. The van der Waals surface area contributed by atoms with Gasteiger partial charge in [0.25, 0.3) is 5.91 Å². The number of carbonyl (C=O) groups is 1. The summed E-state index contributed by atoms with van der Waals surface area (Å²) in [4.78, 5) is 16.8. The summed E-state index contributed by atoms with van der Waals surface area (Å²) in [5.41, 5.74) is 3.70. The lowest BCUT2D eigenvalue weighted by Gasteiger charge is -2.11. The van der Waals surface area contributed by atoms with Crippen LogP contribution in [0.4, 0.5) is 11.5 Å². The molecule has 0 radical (unpaired) electrons. The first-order valence-electron chi connectivity index (χ1n) is 9.34. The van der Waals surface area contributed by atoms with E-state index in [0.29, 0.717) is 17.9 Å². The Labute approximate surface area is 165 Å². The molecule has 0 bridgehead atoms. The van der Waals surface area contributed by atoms with Crippen LogP contribution in [0.1, 0.15) is 35.3 Å². The number of hydrogen-bond acceptors (Lipinski definition) is 4. The summed E-state index contributed by atoms with van der Waals surface area (Å²) in [6, 6.07) is 19.1. The van der Waals surface area contributed by atoms with E-state index in [2.05, 4.69) is 15.6 Å². The number of amides is 1. The zero-order valence-corrected chi connectivity index (χ0v) is 16.4. The number of rotatable bonds is 7. The van der Waals surface area contributed by atoms with E-state index in [1.807, 2.05) is 69.3 Å². The molecule has 0 saturated carbocycles. The van der Waals surface area contributed by atoms with Crippen molar-refractivity contribution in [3.05, 3.63) is 83.6 Å². The summed E-state index contributed by atoms with van der Waals surface area (Å²) in [5, 5.41) is 6.18. The van der Waals surface area contributed by atoms with Crippen LogP contribution in [-0.4, -0.2) is 17.0 Å². The molecule has 1 amide bonds. The van der Waals surface area contributed by atoms with Crippen LogP contribution in [0.3, 0.4) is 0 Å². The Balaban J connectivity index is 1.63. The van der Waals surface area contributed by atoms with Crippen molar-refractivity contribution in [2.75, 3.05) is 5.32 Å². The number of aromatic nitrogens is 1. The number of pyridine rings is 1. The minimum atomic E-state index is -0.130. The van der Waals surface area contributed by atoms with Gasteiger partial charge in [0.2, 0.25) is 0 Å². The second-order valence-corrected chi connectivity index (χ2v) is 6.85. The minimum Gasteiger partial charge on any atom is -0.491 e. The Morgan fingerprint density at radius 3 is 2.54 bits per heavy atom. The molecule has 144 valence electrons. The van der Waals surface area contributed by atoms with Crippen LogP contribution >= 0.6 is 0 Å². The van der Waals surface area contributed by atoms with Crippen LogP contribution in [0.5, 0.6) is 5.75 Å². The highest BCUT2D eigenvalue weighted by atomic mass is 16.5. The fourth-order valence-corrected chi connectivity index (χ4v) is 2.76. The van der Waals surface area contributed by atoms with Crippen LogP contribution in [0, 0.1) is 6.92 Å². The maximum atomic E-state index is 12.5. The van der Waals surface area contributed by atoms with Gasteiger partial charge in [-0.1, -0.05) is 24.3 Å². The Morgan fingerprint density at radius 2 is 1.82 bits per heavy atom. The van der Waals surface area contributed by atoms with Gasteiger partial charge in [0.05, 0.1) is 6.10 Å². The summed E-state index contributed by atoms with van der Waals surface area (Å²) in [6.07, 6.45) is 1.76. The molecule has 1 heterocycles. The highest BCUT2D eigenvalue weighted by molar-refractivity contribution is 5.94. The van der Waals surface area contributed by atoms with Gasteiger partial charge in [-0.25, -0.2) is 4.98 Å². The number of aryl methyl sites for hydroxylation is 1. The monoisotopic (exact) mass is 375 g/mol. The van der Waals surface area contributed by atoms with E-state index < -0.39 is 0 Å². The average Bonchev–Trinajstić information content (AvgIpc) is 2.68. The highest BCUT2D eigenvalue weighted by Gasteiger charge is 2.08. The molecule has 0 fully saturated rings. The second kappa shape index (κ2) is 9.04. The summed E-state index contributed by atoms with van der Waals surface area (Å²) in [5.74, 6) is 1.30. The molecule has 1 aromatic heterocycles. The van der Waals surface area contributed by atoms with E-state index >= 15 is 0 Å². The fourth-order valence-electron chi connectivity index (χ4n) is 2.76. The molecule has 28 heavy (non-hydrogen) atoms. The summed E-state index contributed by atoms with van der Waals surface area (Å²) in [6.45, 7) is 6.51. The predicted molar refractivity (Wildman–Crippen MR) is 112 cm³/mol. The first kappa shape index (κ1) is 19.4. The third-order valence-electron chi connectivity index (χ3n) is 4.22. The quantitative estimate of drug-likeness (QED) is 0.620. The highest BCUT2D eigenvalue weighted by Crippen LogP contribution is 2.20. The number of nitrogens with one attached hydrogen (secondary N) is 2. The smallest absolute Gasteiger partial charge is 0.251 e. The maximum Gasteiger partial charge on any atom is 0.251 e. The molecule has 3 rings (SSSR count). The van der Waals surface area contributed by atoms with Gasteiger partial charge in [0.15, 0.2) is 0 Å². The first-order chi connectivity index (χ1) is 13.5. The molecule has 0 unspecified atom stereocenters. The molecule has 2 aromatic carbocycles. The largest absolute Gasteiger partial charge is 0.491 e. The van der Waals surface area contributed by atoms with Gasteiger partial charge >= 0.3 is 0 Å². The molecule has 0 aliphatic rings. The van der Waals surface area contributed by atoms with Crippen molar-refractivity contribution >= 4 is 17.4 Å². The third-order valence-corrected chi connectivity index (χ3v) is 4.22. The first-order valence-corrected chi connectivity index (χ1v) is 9.34. The summed E-state index contributed by atoms with van der Waals surface area (Å²) in [7, 11) is 0. The van der Waals surface area contributed by atoms with Crippen LogP contribution in [-0.2, 0) is 6.54 Å². The second-order valence-electron chi connectivity index (χ2n) is 6.85. The van der Waals surface area contributed by atoms with E-state index in [1.54, 1.807) is 18.3 Å². The normalized spacial score (nSPS) is 10.6. The van der Waals surface area contributed by atoms with Gasteiger partial charge in [-0.05, 0) is 68.3 Å². The van der Waals surface area contributed by atoms with Crippen molar-refractivity contribution in [1.29, 1.82) is 0 Å². The van der Waals surface area contributed by atoms with Crippen molar-refractivity contribution in [2.24, 2.45) is 0 Å². The molecule has 0 spiro atoms. The third kappa shape index (κ3) is 5.33. The lowest BCUT2D eigenvalue weighted by Crippen LogP contribution is -2.23. The molecular formula is C23H25N3O2. The van der Waals surface area contributed by atoms with Crippen LogP contribution in [0.15, 0.2) is 66.9 Å². The molecule has 0 saturated heterocycles. The molecule has 5 heteroatoms. The zero-order valence-electron chi connectivity index (χ0n) is 16.4. The average molecular weight is 375 g/mol. The maximum absolute atomic E-state index is 12.5. The topological polar surface area (TPSA) is 63.2 Å².